The number of halogens is 1. The van der Waals surface area contributed by atoms with Crippen LogP contribution in [-0.2, 0) is 14.3 Å². The molecule has 1 aliphatic heterocycles. The van der Waals surface area contributed by atoms with Crippen LogP contribution < -0.4 is 5.32 Å². The minimum Gasteiger partial charge on any atom is -0.482 e. The standard InChI is InChI=1S/C24H31ClN2O3/c1-16-7-2-3-10-19(16)26-23(28)15-27-20-11-4-5-12-21(20)30-22(24(27)29)14-17-8-6-9-18(25)13-17/h6,8-9,13-14,16,19-21H,2-5,7,10-12,15H2,1H3,(H,26,28)/b22-14+. The van der Waals surface area contributed by atoms with Gasteiger partial charge in [-0.25, -0.2) is 0 Å². The Morgan fingerprint density at radius 2 is 1.97 bits per heavy atom. The Morgan fingerprint density at radius 3 is 2.77 bits per heavy atom. The monoisotopic (exact) mass is 430 g/mol. The maximum absolute atomic E-state index is 13.3. The average Bonchev–Trinajstić information content (AvgIpc) is 2.73. The van der Waals surface area contributed by atoms with Gasteiger partial charge in [-0.15, -0.1) is 0 Å². The summed E-state index contributed by atoms with van der Waals surface area (Å²) in [5.74, 6) is 0.531. The predicted molar refractivity (Wildman–Crippen MR) is 118 cm³/mol. The molecule has 0 aromatic heterocycles. The molecule has 2 saturated carbocycles. The lowest BCUT2D eigenvalue weighted by atomic mass is 9.86. The average molecular weight is 431 g/mol. The van der Waals surface area contributed by atoms with Crippen LogP contribution in [0, 0.1) is 5.92 Å². The van der Waals surface area contributed by atoms with Crippen LogP contribution in [0.25, 0.3) is 6.08 Å². The summed E-state index contributed by atoms with van der Waals surface area (Å²) in [5.41, 5.74) is 0.820. The molecule has 162 valence electrons. The van der Waals surface area contributed by atoms with Gasteiger partial charge in [0.15, 0.2) is 5.76 Å². The molecule has 1 N–H and O–H groups in total. The number of benzene rings is 1. The van der Waals surface area contributed by atoms with Crippen molar-refractivity contribution in [1.82, 2.24) is 10.2 Å². The minimum atomic E-state index is -0.204. The molecule has 0 spiro atoms. The van der Waals surface area contributed by atoms with Crippen LogP contribution in [0.2, 0.25) is 5.02 Å². The highest BCUT2D eigenvalue weighted by Crippen LogP contribution is 2.33. The Labute approximate surface area is 183 Å². The Kier molecular flexibility index (Phi) is 6.67. The van der Waals surface area contributed by atoms with Crippen molar-refractivity contribution in [1.29, 1.82) is 0 Å². The zero-order chi connectivity index (χ0) is 21.1. The molecule has 3 aliphatic rings. The Morgan fingerprint density at radius 1 is 1.20 bits per heavy atom. The number of hydrogen-bond acceptors (Lipinski definition) is 3. The second-order valence-corrected chi connectivity index (χ2v) is 9.38. The summed E-state index contributed by atoms with van der Waals surface area (Å²) >= 11 is 6.09. The second-order valence-electron chi connectivity index (χ2n) is 8.94. The molecule has 1 heterocycles. The predicted octanol–water partition coefficient (Wildman–Crippen LogP) is 4.55. The first-order chi connectivity index (χ1) is 14.5. The van der Waals surface area contributed by atoms with Gasteiger partial charge in [-0.05, 0) is 61.8 Å². The fourth-order valence-electron chi connectivity index (χ4n) is 5.05. The number of fused-ring (bicyclic) bond motifs is 1. The van der Waals surface area contributed by atoms with Gasteiger partial charge in [0.25, 0.3) is 5.91 Å². The second kappa shape index (κ2) is 9.42. The maximum Gasteiger partial charge on any atom is 0.289 e. The van der Waals surface area contributed by atoms with Crippen LogP contribution in [-0.4, -0.2) is 41.4 Å². The molecule has 4 atom stereocenters. The smallest absolute Gasteiger partial charge is 0.289 e. The van der Waals surface area contributed by atoms with E-state index in [9.17, 15) is 9.59 Å². The Bertz CT molecular complexity index is 824. The minimum absolute atomic E-state index is 0.0303. The van der Waals surface area contributed by atoms with Crippen molar-refractivity contribution in [2.45, 2.75) is 76.5 Å². The van der Waals surface area contributed by atoms with Crippen LogP contribution in [0.15, 0.2) is 30.0 Å². The number of carbonyl (C=O) groups excluding carboxylic acids is 2. The number of rotatable bonds is 4. The van der Waals surface area contributed by atoms with E-state index in [1.54, 1.807) is 23.1 Å². The van der Waals surface area contributed by atoms with E-state index in [0.29, 0.717) is 16.7 Å². The van der Waals surface area contributed by atoms with Crippen molar-refractivity contribution >= 4 is 29.5 Å². The van der Waals surface area contributed by atoms with Crippen LogP contribution in [0.1, 0.15) is 63.9 Å². The molecule has 1 aromatic carbocycles. The number of morpholine rings is 1. The van der Waals surface area contributed by atoms with Gasteiger partial charge >= 0.3 is 0 Å². The number of amides is 2. The van der Waals surface area contributed by atoms with E-state index >= 15 is 0 Å². The summed E-state index contributed by atoms with van der Waals surface area (Å²) < 4.78 is 6.12. The molecule has 6 heteroatoms. The summed E-state index contributed by atoms with van der Waals surface area (Å²) in [6.45, 7) is 2.30. The molecular weight excluding hydrogens is 400 g/mol. The highest BCUT2D eigenvalue weighted by molar-refractivity contribution is 6.30. The first-order valence-corrected chi connectivity index (χ1v) is 11.6. The first-order valence-electron chi connectivity index (χ1n) is 11.3. The van der Waals surface area contributed by atoms with Gasteiger partial charge in [-0.1, -0.05) is 49.9 Å². The van der Waals surface area contributed by atoms with E-state index in [4.69, 9.17) is 16.3 Å². The molecule has 4 rings (SSSR count). The molecule has 0 radical (unpaired) electrons. The molecule has 0 bridgehead atoms. The summed E-state index contributed by atoms with van der Waals surface area (Å²) in [7, 11) is 0. The quantitative estimate of drug-likeness (QED) is 0.713. The fourth-order valence-corrected chi connectivity index (χ4v) is 5.25. The molecule has 1 aromatic rings. The SMILES string of the molecule is CC1CCCCC1NC(=O)CN1C(=O)/C(=C\c2cccc(Cl)c2)OC2CCCCC21. The Balaban J connectivity index is 1.51. The van der Waals surface area contributed by atoms with Crippen LogP contribution in [0.4, 0.5) is 0 Å². The summed E-state index contributed by atoms with van der Waals surface area (Å²) in [6, 6.07) is 7.53. The van der Waals surface area contributed by atoms with Crippen LogP contribution in [0.3, 0.4) is 0 Å². The summed E-state index contributed by atoms with van der Waals surface area (Å²) in [5, 5.41) is 3.81. The zero-order valence-electron chi connectivity index (χ0n) is 17.6. The lowest BCUT2D eigenvalue weighted by Crippen LogP contribution is -2.57. The third-order valence-electron chi connectivity index (χ3n) is 6.74. The zero-order valence-corrected chi connectivity index (χ0v) is 18.4. The van der Waals surface area contributed by atoms with Gasteiger partial charge in [0.2, 0.25) is 5.91 Å². The van der Waals surface area contributed by atoms with Gasteiger partial charge < -0.3 is 15.0 Å². The van der Waals surface area contributed by atoms with Crippen molar-refractivity contribution in [2.24, 2.45) is 5.92 Å². The van der Waals surface area contributed by atoms with Gasteiger partial charge in [0.1, 0.15) is 12.6 Å². The van der Waals surface area contributed by atoms with E-state index in [-0.39, 0.29) is 36.5 Å². The molecule has 30 heavy (non-hydrogen) atoms. The molecule has 1 saturated heterocycles. The fraction of sp³-hybridized carbons (Fsp3) is 0.583. The van der Waals surface area contributed by atoms with E-state index in [1.807, 2.05) is 12.1 Å². The molecule has 4 unspecified atom stereocenters. The lowest BCUT2D eigenvalue weighted by molar-refractivity contribution is -0.152. The van der Waals surface area contributed by atoms with Gasteiger partial charge in [0, 0.05) is 11.1 Å². The molecule has 3 fully saturated rings. The largest absolute Gasteiger partial charge is 0.482 e. The van der Waals surface area contributed by atoms with E-state index < -0.39 is 0 Å². The molecular formula is C24H31ClN2O3. The van der Waals surface area contributed by atoms with Crippen molar-refractivity contribution in [3.05, 3.63) is 40.6 Å². The van der Waals surface area contributed by atoms with Crippen LogP contribution >= 0.6 is 11.6 Å². The third-order valence-corrected chi connectivity index (χ3v) is 6.97. The molecule has 5 nitrogen and oxygen atoms in total. The number of nitrogens with one attached hydrogen (secondary N) is 1. The normalized spacial score (nSPS) is 30.5. The van der Waals surface area contributed by atoms with Gasteiger partial charge in [-0.3, -0.25) is 9.59 Å². The van der Waals surface area contributed by atoms with Gasteiger partial charge in [0.05, 0.1) is 6.04 Å². The Hall–Kier alpha value is -2.01. The van der Waals surface area contributed by atoms with Crippen molar-refractivity contribution in [3.8, 4) is 0 Å². The summed E-state index contributed by atoms with van der Waals surface area (Å²) in [6.07, 6.45) is 10.2. The van der Waals surface area contributed by atoms with Crippen molar-refractivity contribution in [2.75, 3.05) is 6.54 Å². The molecule has 2 amide bonds. The maximum atomic E-state index is 13.3. The van der Waals surface area contributed by atoms with E-state index in [1.165, 1.54) is 6.42 Å². The number of carbonyl (C=O) groups is 2. The topological polar surface area (TPSA) is 58.6 Å². The third kappa shape index (κ3) is 4.83. The lowest BCUT2D eigenvalue weighted by Gasteiger charge is -2.44. The molecule has 2 aliphatic carbocycles. The first kappa shape index (κ1) is 21.2. The van der Waals surface area contributed by atoms with Gasteiger partial charge in [-0.2, -0.15) is 0 Å². The van der Waals surface area contributed by atoms with Crippen molar-refractivity contribution in [3.63, 3.8) is 0 Å². The van der Waals surface area contributed by atoms with E-state index in [0.717, 1.165) is 50.5 Å². The number of nitrogens with zero attached hydrogens (tertiary/aromatic N) is 1. The highest BCUT2D eigenvalue weighted by Gasteiger charge is 2.42. The van der Waals surface area contributed by atoms with Crippen molar-refractivity contribution < 1.29 is 14.3 Å². The summed E-state index contributed by atoms with van der Waals surface area (Å²) in [4.78, 5) is 27.9. The number of ether oxygens (including phenoxy) is 1. The highest BCUT2D eigenvalue weighted by atomic mass is 35.5. The number of hydrogen-bond donors (Lipinski definition) is 1. The van der Waals surface area contributed by atoms with E-state index in [2.05, 4.69) is 12.2 Å². The van der Waals surface area contributed by atoms with Crippen LogP contribution in [0.5, 0.6) is 0 Å².